The van der Waals surface area contributed by atoms with E-state index in [0.29, 0.717) is 11.4 Å². The lowest BCUT2D eigenvalue weighted by molar-refractivity contribution is -0.128. The number of nitrogens with one attached hydrogen (secondary N) is 1. The lowest BCUT2D eigenvalue weighted by atomic mass is 10.1. The van der Waals surface area contributed by atoms with Crippen LogP contribution in [0.2, 0.25) is 0 Å². The molecule has 0 saturated carbocycles. The van der Waals surface area contributed by atoms with Gasteiger partial charge in [0.1, 0.15) is 11.6 Å². The van der Waals surface area contributed by atoms with Gasteiger partial charge in [-0.3, -0.25) is 4.98 Å². The van der Waals surface area contributed by atoms with Crippen molar-refractivity contribution in [2.45, 2.75) is 6.92 Å². The molecule has 0 aliphatic heterocycles. The number of carbonyl (C=O) groups is 1. The zero-order valence-corrected chi connectivity index (χ0v) is 17.2. The summed E-state index contributed by atoms with van der Waals surface area (Å²) in [5, 5.41) is 2.96. The number of aromatic nitrogens is 3. The van der Waals surface area contributed by atoms with Gasteiger partial charge in [0.15, 0.2) is 0 Å². The molecule has 2 aromatic heterocycles. The summed E-state index contributed by atoms with van der Waals surface area (Å²) >= 11 is 0. The average Bonchev–Trinajstić information content (AvgIpc) is 2.80. The van der Waals surface area contributed by atoms with E-state index in [1.54, 1.807) is 74.0 Å². The Morgan fingerprint density at radius 3 is 2.62 bits per heavy atom. The van der Waals surface area contributed by atoms with Crippen molar-refractivity contribution in [3.05, 3.63) is 108 Å². The highest BCUT2D eigenvalue weighted by Gasteiger charge is 2.14. The quantitative estimate of drug-likeness (QED) is 0.264. The minimum atomic E-state index is -0.665. The Labute approximate surface area is 184 Å². The van der Waals surface area contributed by atoms with E-state index in [4.69, 9.17) is 4.74 Å². The minimum absolute atomic E-state index is 0.173. The summed E-state index contributed by atoms with van der Waals surface area (Å²) in [6, 6.07) is 18.8. The summed E-state index contributed by atoms with van der Waals surface area (Å²) in [5.41, 5.74) is 2.55. The molecule has 32 heavy (non-hydrogen) atoms. The molecule has 0 unspecified atom stereocenters. The van der Waals surface area contributed by atoms with Crippen LogP contribution in [-0.4, -0.2) is 20.9 Å². The van der Waals surface area contributed by atoms with Crippen molar-refractivity contribution >= 4 is 17.6 Å². The van der Waals surface area contributed by atoms with Crippen molar-refractivity contribution in [1.82, 2.24) is 15.0 Å². The maximum Gasteiger partial charge on any atom is 0.338 e. The van der Waals surface area contributed by atoms with Crippen LogP contribution in [0.4, 0.5) is 10.3 Å². The highest BCUT2D eigenvalue weighted by Crippen LogP contribution is 2.23. The van der Waals surface area contributed by atoms with Gasteiger partial charge in [0.25, 0.3) is 0 Å². The third-order valence-electron chi connectivity index (χ3n) is 4.50. The van der Waals surface area contributed by atoms with Crippen molar-refractivity contribution in [3.63, 3.8) is 0 Å². The number of halogens is 1. The summed E-state index contributed by atoms with van der Waals surface area (Å²) in [5.74, 6) is -0.570. The van der Waals surface area contributed by atoms with Crippen molar-refractivity contribution in [3.8, 4) is 17.0 Å². The average molecular weight is 426 g/mol. The molecule has 4 rings (SSSR count). The second kappa shape index (κ2) is 9.61. The number of benzene rings is 2. The fraction of sp³-hybridized carbons (Fsp3) is 0.0400. The molecule has 0 bridgehead atoms. The maximum atomic E-state index is 14.7. The van der Waals surface area contributed by atoms with Gasteiger partial charge in [-0.25, -0.2) is 19.2 Å². The number of anilines is 1. The Morgan fingerprint density at radius 2 is 1.88 bits per heavy atom. The Hall–Kier alpha value is -4.39. The molecular formula is C25H19FN4O2. The number of para-hydroxylation sites is 1. The van der Waals surface area contributed by atoms with Gasteiger partial charge in [-0.05, 0) is 55.0 Å². The van der Waals surface area contributed by atoms with E-state index in [1.807, 2.05) is 12.1 Å². The summed E-state index contributed by atoms with van der Waals surface area (Å²) in [7, 11) is 0. The molecule has 2 heterocycles. The Bertz CT molecular complexity index is 1260. The molecule has 1 N–H and O–H groups in total. The van der Waals surface area contributed by atoms with Gasteiger partial charge in [0.2, 0.25) is 5.95 Å². The smallest absolute Gasteiger partial charge is 0.338 e. The number of hydrogen-bond donors (Lipinski definition) is 1. The molecule has 0 amide bonds. The van der Waals surface area contributed by atoms with Gasteiger partial charge in [0, 0.05) is 35.8 Å². The first-order chi connectivity index (χ1) is 15.6. The van der Waals surface area contributed by atoms with E-state index in [-0.39, 0.29) is 17.2 Å². The topological polar surface area (TPSA) is 77.0 Å². The second-order valence-electron chi connectivity index (χ2n) is 6.91. The van der Waals surface area contributed by atoms with Crippen LogP contribution in [0.25, 0.3) is 17.0 Å². The monoisotopic (exact) mass is 426 g/mol. The fourth-order valence-electron chi connectivity index (χ4n) is 2.99. The van der Waals surface area contributed by atoms with E-state index in [9.17, 15) is 9.18 Å². The number of hydrogen-bond acceptors (Lipinski definition) is 6. The molecule has 0 atom stereocenters. The summed E-state index contributed by atoms with van der Waals surface area (Å²) < 4.78 is 20.1. The van der Waals surface area contributed by atoms with E-state index in [1.165, 1.54) is 12.1 Å². The summed E-state index contributed by atoms with van der Waals surface area (Å²) in [4.78, 5) is 25.3. The number of esters is 1. The number of aryl methyl sites for hydroxylation is 1. The van der Waals surface area contributed by atoms with Gasteiger partial charge in [-0.15, -0.1) is 0 Å². The molecule has 0 spiro atoms. The van der Waals surface area contributed by atoms with Gasteiger partial charge >= 0.3 is 5.97 Å². The number of nitrogens with zero attached hydrogens (tertiary/aromatic N) is 3. The molecule has 7 heteroatoms. The number of rotatable bonds is 6. The van der Waals surface area contributed by atoms with E-state index in [2.05, 4.69) is 20.3 Å². The third-order valence-corrected chi connectivity index (χ3v) is 4.50. The van der Waals surface area contributed by atoms with Crippen molar-refractivity contribution in [2.75, 3.05) is 5.32 Å². The normalized spacial score (nSPS) is 11.1. The lowest BCUT2D eigenvalue weighted by Gasteiger charge is -2.12. The Balaban J connectivity index is 1.67. The minimum Gasteiger partial charge on any atom is -0.423 e. The number of carbonyl (C=O) groups excluding carboxylic acids is 1. The third kappa shape index (κ3) is 5.20. The molecule has 0 saturated heterocycles. The molecule has 0 aliphatic carbocycles. The van der Waals surface area contributed by atoms with Crippen molar-refractivity contribution in [2.24, 2.45) is 0 Å². The van der Waals surface area contributed by atoms with E-state index >= 15 is 0 Å². The molecule has 0 radical (unpaired) electrons. The number of pyridine rings is 1. The first-order valence-electron chi connectivity index (χ1n) is 9.84. The number of ether oxygens (including phenoxy) is 1. The Morgan fingerprint density at radius 1 is 1.03 bits per heavy atom. The van der Waals surface area contributed by atoms with Crippen molar-refractivity contribution in [1.29, 1.82) is 0 Å². The highest BCUT2D eigenvalue weighted by molar-refractivity contribution is 5.95. The largest absolute Gasteiger partial charge is 0.423 e. The molecular weight excluding hydrogens is 407 g/mol. The second-order valence-corrected chi connectivity index (χ2v) is 6.91. The maximum absolute atomic E-state index is 14.7. The molecule has 6 nitrogen and oxygen atoms in total. The van der Waals surface area contributed by atoms with E-state index in [0.717, 1.165) is 11.1 Å². The van der Waals surface area contributed by atoms with Gasteiger partial charge < -0.3 is 10.1 Å². The van der Waals surface area contributed by atoms with Crippen molar-refractivity contribution < 1.29 is 13.9 Å². The van der Waals surface area contributed by atoms with Crippen LogP contribution in [0.3, 0.4) is 0 Å². The van der Waals surface area contributed by atoms with Crippen LogP contribution in [-0.2, 0) is 4.79 Å². The molecule has 2 aromatic carbocycles. The molecule has 158 valence electrons. The van der Waals surface area contributed by atoms with Crippen LogP contribution in [0.1, 0.15) is 11.1 Å². The lowest BCUT2D eigenvalue weighted by Crippen LogP contribution is -2.11. The van der Waals surface area contributed by atoms with Crippen LogP contribution in [0.5, 0.6) is 5.75 Å². The zero-order chi connectivity index (χ0) is 22.3. The van der Waals surface area contributed by atoms with Crippen LogP contribution >= 0.6 is 0 Å². The highest BCUT2D eigenvalue weighted by atomic mass is 19.1. The summed E-state index contributed by atoms with van der Waals surface area (Å²) in [6.45, 7) is 1.79. The predicted molar refractivity (Wildman–Crippen MR) is 120 cm³/mol. The molecule has 4 aromatic rings. The predicted octanol–water partition coefficient (Wildman–Crippen LogP) is 5.04. The first-order valence-corrected chi connectivity index (χ1v) is 9.84. The van der Waals surface area contributed by atoms with Gasteiger partial charge in [0.05, 0.1) is 11.4 Å². The summed E-state index contributed by atoms with van der Waals surface area (Å²) in [6.07, 6.45) is 6.10. The standard InChI is InChI=1S/C25H19FN4O2/c1-17-9-10-20(21(26)14-17)23(15-24(31)32-19-7-3-2-4-8-19)30-25-28-13-11-22(29-25)18-6-5-12-27-16-18/h2-16H,1H3,(H,28,29,30)/b23-15+. The first kappa shape index (κ1) is 20.9. The Kier molecular flexibility index (Phi) is 6.27. The van der Waals surface area contributed by atoms with Gasteiger partial charge in [-0.2, -0.15) is 0 Å². The zero-order valence-electron chi connectivity index (χ0n) is 17.2. The van der Waals surface area contributed by atoms with Crippen LogP contribution in [0, 0.1) is 12.7 Å². The van der Waals surface area contributed by atoms with E-state index < -0.39 is 11.8 Å². The van der Waals surface area contributed by atoms with Crippen LogP contribution in [0.15, 0.2) is 91.4 Å². The molecule has 0 aliphatic rings. The van der Waals surface area contributed by atoms with Gasteiger partial charge in [-0.1, -0.05) is 24.3 Å². The fourth-order valence-corrected chi connectivity index (χ4v) is 2.99. The SMILES string of the molecule is Cc1ccc(/C(=C\C(=O)Oc2ccccc2)Nc2nccc(-c3cccnc3)n2)c(F)c1. The molecule has 0 fully saturated rings. The van der Waals surface area contributed by atoms with Crippen LogP contribution < -0.4 is 10.1 Å².